The van der Waals surface area contributed by atoms with E-state index in [0.717, 1.165) is 6.07 Å². The fourth-order valence-electron chi connectivity index (χ4n) is 2.00. The molecule has 2 atom stereocenters. The summed E-state index contributed by atoms with van der Waals surface area (Å²) in [7, 11) is 0. The Bertz CT molecular complexity index is 574. The molecule has 0 aliphatic carbocycles. The summed E-state index contributed by atoms with van der Waals surface area (Å²) in [6, 6.07) is 2.14. The maximum Gasteiger partial charge on any atom is 0.325 e. The monoisotopic (exact) mass is 374 g/mol. The summed E-state index contributed by atoms with van der Waals surface area (Å²) >= 11 is 0. The van der Waals surface area contributed by atoms with Gasteiger partial charge in [-0.15, -0.1) is 0 Å². The molecule has 26 heavy (non-hydrogen) atoms. The van der Waals surface area contributed by atoms with Crippen molar-refractivity contribution < 1.29 is 39.9 Å². The van der Waals surface area contributed by atoms with Crippen LogP contribution in [0.3, 0.4) is 0 Å². The first kappa shape index (κ1) is 21.6. The summed E-state index contributed by atoms with van der Waals surface area (Å²) in [5.41, 5.74) is -0.675. The van der Waals surface area contributed by atoms with Gasteiger partial charge < -0.3 is 30.5 Å². The number of hydrogen-bond donors (Lipinski definition) is 6. The van der Waals surface area contributed by atoms with Crippen LogP contribution >= 0.6 is 0 Å². The third-order valence-corrected chi connectivity index (χ3v) is 3.08. The van der Waals surface area contributed by atoms with Crippen molar-refractivity contribution in [2.45, 2.75) is 13.8 Å². The van der Waals surface area contributed by atoms with Crippen LogP contribution in [0.2, 0.25) is 0 Å². The first-order chi connectivity index (χ1) is 12.3. The number of anilines is 2. The lowest BCUT2D eigenvalue weighted by atomic mass is 10.2. The molecule has 0 aromatic heterocycles. The summed E-state index contributed by atoms with van der Waals surface area (Å²) in [6.07, 6.45) is 0. The van der Waals surface area contributed by atoms with Gasteiger partial charge in [-0.1, -0.05) is 0 Å². The molecule has 0 aliphatic heterocycles. The highest BCUT2D eigenvalue weighted by molar-refractivity contribution is 5.82. The summed E-state index contributed by atoms with van der Waals surface area (Å²) in [5, 5.41) is 43.8. The van der Waals surface area contributed by atoms with Gasteiger partial charge in [-0.05, 0) is 19.9 Å². The highest BCUT2D eigenvalue weighted by Gasteiger charge is 2.20. The van der Waals surface area contributed by atoms with E-state index < -0.39 is 22.4 Å². The predicted molar refractivity (Wildman–Crippen MR) is 88.2 cm³/mol. The van der Waals surface area contributed by atoms with Gasteiger partial charge in [0.05, 0.1) is 19.3 Å². The fraction of sp³-hybridized carbons (Fsp3) is 0.429. The van der Waals surface area contributed by atoms with Gasteiger partial charge in [-0.2, -0.15) is 10.5 Å². The Balaban J connectivity index is 3.11. The number of benzene rings is 1. The third kappa shape index (κ3) is 6.44. The second-order valence-electron chi connectivity index (χ2n) is 4.87. The average Bonchev–Trinajstić information content (AvgIpc) is 2.57. The molecule has 6 N–H and O–H groups in total. The van der Waals surface area contributed by atoms with E-state index in [0.29, 0.717) is 0 Å². The Labute approximate surface area is 149 Å². The second kappa shape index (κ2) is 10.5. The van der Waals surface area contributed by atoms with Crippen LogP contribution in [0, 0.1) is 10.4 Å². The number of hydrogen-bond acceptors (Lipinski definition) is 10. The van der Waals surface area contributed by atoms with Gasteiger partial charge in [0.2, 0.25) is 0 Å². The Morgan fingerprint density at radius 2 is 1.31 bits per heavy atom. The fourth-order valence-corrected chi connectivity index (χ4v) is 2.00. The number of nitrogens with one attached hydrogen (secondary N) is 4. The first-order valence-corrected chi connectivity index (χ1v) is 7.73. The average molecular weight is 374 g/mol. The largest absolute Gasteiger partial charge is 0.595 e. The van der Waals surface area contributed by atoms with Crippen LogP contribution in [0.1, 0.15) is 13.8 Å². The highest BCUT2D eigenvalue weighted by Crippen LogP contribution is 2.29. The van der Waals surface area contributed by atoms with E-state index in [1.807, 2.05) is 0 Å². The van der Waals surface area contributed by atoms with Crippen LogP contribution in [0.15, 0.2) is 12.1 Å². The Kier molecular flexibility index (Phi) is 8.71. The molecule has 12 heteroatoms. The molecule has 0 fully saturated rings. The smallest absolute Gasteiger partial charge is 0.325 e. The van der Waals surface area contributed by atoms with E-state index in [-0.39, 0.29) is 49.1 Å². The van der Waals surface area contributed by atoms with Crippen molar-refractivity contribution in [3.8, 4) is 0 Å². The summed E-state index contributed by atoms with van der Waals surface area (Å²) in [4.78, 5) is 22.9. The molecule has 0 bridgehead atoms. The number of rotatable bonds is 10. The minimum atomic E-state index is -1.38. The van der Waals surface area contributed by atoms with E-state index in [1.165, 1.54) is 6.07 Å². The molecule has 0 spiro atoms. The van der Waals surface area contributed by atoms with Gasteiger partial charge in [0.15, 0.2) is 11.4 Å². The van der Waals surface area contributed by atoms with Crippen LogP contribution < -0.4 is 21.1 Å². The molecule has 1 aromatic rings. The van der Waals surface area contributed by atoms with Crippen molar-refractivity contribution in [3.05, 3.63) is 22.5 Å². The van der Waals surface area contributed by atoms with Crippen LogP contribution in [0.4, 0.5) is 22.7 Å². The normalized spacial score (nSPS) is 12.8. The lowest BCUT2D eigenvalue weighted by Crippen LogP contribution is -3.01. The van der Waals surface area contributed by atoms with Crippen molar-refractivity contribution in [2.75, 3.05) is 36.9 Å². The molecule has 1 rings (SSSR count). The molecule has 0 radical (unpaired) electrons. The van der Waals surface area contributed by atoms with Crippen molar-refractivity contribution in [1.82, 2.24) is 0 Å². The number of quaternary nitrogens is 2. The molecule has 0 saturated carbocycles. The molecule has 12 nitrogen and oxygen atoms in total. The number of carbonyl (C=O) groups is 2. The predicted octanol–water partition coefficient (Wildman–Crippen LogP) is -1.56. The Hall–Kier alpha value is -2.48. The van der Waals surface area contributed by atoms with E-state index in [2.05, 4.69) is 10.6 Å². The van der Waals surface area contributed by atoms with Crippen molar-refractivity contribution in [1.29, 1.82) is 0 Å². The zero-order chi connectivity index (χ0) is 19.7. The van der Waals surface area contributed by atoms with Crippen molar-refractivity contribution in [3.63, 3.8) is 0 Å². The Morgan fingerprint density at radius 3 is 1.62 bits per heavy atom. The molecule has 1 aromatic carbocycles. The van der Waals surface area contributed by atoms with E-state index in [4.69, 9.17) is 9.47 Å². The maximum absolute atomic E-state index is 11.4. The third-order valence-electron chi connectivity index (χ3n) is 3.08. The molecule has 146 valence electrons. The minimum Gasteiger partial charge on any atom is -0.595 e. The lowest BCUT2D eigenvalue weighted by Gasteiger charge is -2.22. The SMILES string of the molecule is CCOC(=O)CNc1cc(NCC(=O)OCC)c([NH+]([O-])O)cc1[NH+]([O-])O. The minimum absolute atomic E-state index is 0.00177. The van der Waals surface area contributed by atoms with Gasteiger partial charge in [0.25, 0.3) is 0 Å². The standard InChI is InChI=1S/C14H22N4O8/c1-3-25-13(19)7-15-9-5-10(16-8-14(20)26-4-2)12(18(23)24)6-11(9)17(21)22/h5-6,15-18,21,23H,3-4,7-8H2,1-2H3. The van der Waals surface area contributed by atoms with Crippen LogP contribution in [0.25, 0.3) is 0 Å². The number of esters is 2. The van der Waals surface area contributed by atoms with Gasteiger partial charge in [0.1, 0.15) is 24.5 Å². The zero-order valence-electron chi connectivity index (χ0n) is 14.3. The van der Waals surface area contributed by atoms with Gasteiger partial charge in [0, 0.05) is 0 Å². The highest BCUT2D eigenvalue weighted by atomic mass is 16.8. The number of ether oxygens (including phenoxy) is 2. The van der Waals surface area contributed by atoms with Gasteiger partial charge in [-0.25, -0.2) is 10.4 Å². The van der Waals surface area contributed by atoms with E-state index in [1.54, 1.807) is 13.8 Å². The zero-order valence-corrected chi connectivity index (χ0v) is 14.3. The summed E-state index contributed by atoms with van der Waals surface area (Å²) in [6.45, 7) is 2.96. The lowest BCUT2D eigenvalue weighted by molar-refractivity contribution is -0.995. The molecular formula is C14H22N4O8. The van der Waals surface area contributed by atoms with Gasteiger partial charge in [-0.3, -0.25) is 9.59 Å². The number of carbonyl (C=O) groups excluding carboxylic acids is 2. The molecule has 0 amide bonds. The molecular weight excluding hydrogens is 352 g/mol. The molecule has 2 unspecified atom stereocenters. The van der Waals surface area contributed by atoms with Crippen LogP contribution in [0.5, 0.6) is 0 Å². The van der Waals surface area contributed by atoms with Crippen molar-refractivity contribution in [2.24, 2.45) is 0 Å². The molecule has 0 heterocycles. The van der Waals surface area contributed by atoms with Gasteiger partial charge >= 0.3 is 11.9 Å². The first-order valence-electron chi connectivity index (χ1n) is 7.73. The summed E-state index contributed by atoms with van der Waals surface area (Å²) < 4.78 is 9.48. The summed E-state index contributed by atoms with van der Waals surface area (Å²) in [5.74, 6) is -1.21. The van der Waals surface area contributed by atoms with E-state index in [9.17, 15) is 30.4 Å². The molecule has 0 saturated heterocycles. The topological polar surface area (TPSA) is 172 Å². The Morgan fingerprint density at radius 1 is 0.923 bits per heavy atom. The van der Waals surface area contributed by atoms with Crippen LogP contribution in [-0.4, -0.2) is 48.7 Å². The van der Waals surface area contributed by atoms with E-state index >= 15 is 0 Å². The molecule has 0 aliphatic rings. The second-order valence-corrected chi connectivity index (χ2v) is 4.87. The van der Waals surface area contributed by atoms with Crippen molar-refractivity contribution >= 4 is 34.7 Å². The quantitative estimate of drug-likeness (QED) is 0.208. The maximum atomic E-state index is 11.4. The van der Waals surface area contributed by atoms with Crippen LogP contribution in [-0.2, 0) is 19.1 Å².